The van der Waals surface area contributed by atoms with Crippen LogP contribution in [0.4, 0.5) is 0 Å². The first-order valence-electron chi connectivity index (χ1n) is 7.66. The van der Waals surface area contributed by atoms with Gasteiger partial charge in [-0.2, -0.15) is 0 Å². The van der Waals surface area contributed by atoms with Crippen molar-refractivity contribution >= 4 is 0 Å². The Labute approximate surface area is 119 Å². The molecule has 108 valence electrons. The zero-order chi connectivity index (χ0) is 14.3. The summed E-state index contributed by atoms with van der Waals surface area (Å²) >= 11 is 0. The molecule has 2 nitrogen and oxygen atoms in total. The van der Waals surface area contributed by atoms with E-state index < -0.39 is 0 Å². The zero-order valence-electron chi connectivity index (χ0n) is 13.0. The lowest BCUT2D eigenvalue weighted by molar-refractivity contribution is 0.122. The van der Waals surface area contributed by atoms with Crippen molar-refractivity contribution < 1.29 is 0 Å². The van der Waals surface area contributed by atoms with E-state index in [0.29, 0.717) is 6.04 Å². The third-order valence-corrected chi connectivity index (χ3v) is 3.94. The van der Waals surface area contributed by atoms with Crippen LogP contribution in [-0.2, 0) is 5.54 Å². The van der Waals surface area contributed by atoms with Gasteiger partial charge < -0.3 is 5.73 Å². The fourth-order valence-corrected chi connectivity index (χ4v) is 3.05. The molecule has 0 spiro atoms. The molecule has 19 heavy (non-hydrogen) atoms. The van der Waals surface area contributed by atoms with Gasteiger partial charge in [-0.25, -0.2) is 0 Å². The van der Waals surface area contributed by atoms with E-state index in [1.165, 1.54) is 18.4 Å². The maximum Gasteiger partial charge on any atom is 0.0538 e. The normalized spacial score (nSPS) is 16.3. The molecule has 0 aliphatic rings. The van der Waals surface area contributed by atoms with Gasteiger partial charge >= 0.3 is 0 Å². The van der Waals surface area contributed by atoms with Gasteiger partial charge in [-0.1, -0.05) is 51.1 Å². The standard InChI is InChI=1S/C17H30N2/c1-5-13-19(14-6-2)16(7-3)17(4,18)15-11-9-8-10-12-15/h8-12,16H,5-7,13-14,18H2,1-4H3. The summed E-state index contributed by atoms with van der Waals surface area (Å²) in [5.41, 5.74) is 7.66. The van der Waals surface area contributed by atoms with E-state index in [4.69, 9.17) is 5.73 Å². The van der Waals surface area contributed by atoms with Gasteiger partial charge in [-0.15, -0.1) is 0 Å². The van der Waals surface area contributed by atoms with Crippen molar-refractivity contribution in [2.24, 2.45) is 5.73 Å². The van der Waals surface area contributed by atoms with Crippen LogP contribution < -0.4 is 5.73 Å². The highest BCUT2D eigenvalue weighted by molar-refractivity contribution is 5.25. The van der Waals surface area contributed by atoms with E-state index in [0.717, 1.165) is 19.5 Å². The molecule has 1 rings (SSSR count). The van der Waals surface area contributed by atoms with Crippen LogP contribution in [0.15, 0.2) is 30.3 Å². The van der Waals surface area contributed by atoms with Crippen molar-refractivity contribution in [2.45, 2.75) is 58.5 Å². The second-order valence-electron chi connectivity index (χ2n) is 5.61. The van der Waals surface area contributed by atoms with Crippen molar-refractivity contribution in [3.8, 4) is 0 Å². The predicted molar refractivity (Wildman–Crippen MR) is 84.2 cm³/mol. The molecule has 0 amide bonds. The first kappa shape index (κ1) is 16.2. The summed E-state index contributed by atoms with van der Waals surface area (Å²) in [5, 5.41) is 0. The van der Waals surface area contributed by atoms with Gasteiger partial charge in [0, 0.05) is 6.04 Å². The molecule has 2 atom stereocenters. The zero-order valence-corrected chi connectivity index (χ0v) is 13.0. The van der Waals surface area contributed by atoms with Gasteiger partial charge in [0.05, 0.1) is 5.54 Å². The first-order valence-corrected chi connectivity index (χ1v) is 7.66. The Morgan fingerprint density at radius 2 is 1.58 bits per heavy atom. The lowest BCUT2D eigenvalue weighted by Crippen LogP contribution is -2.54. The highest BCUT2D eigenvalue weighted by Crippen LogP contribution is 2.28. The molecule has 2 unspecified atom stereocenters. The minimum atomic E-state index is -0.291. The minimum absolute atomic E-state index is 0.291. The molecule has 0 radical (unpaired) electrons. The number of hydrogen-bond donors (Lipinski definition) is 1. The molecular weight excluding hydrogens is 232 g/mol. The van der Waals surface area contributed by atoms with Crippen LogP contribution in [0.3, 0.4) is 0 Å². The van der Waals surface area contributed by atoms with Crippen LogP contribution >= 0.6 is 0 Å². The Hall–Kier alpha value is -0.860. The smallest absolute Gasteiger partial charge is 0.0538 e. The van der Waals surface area contributed by atoms with E-state index in [-0.39, 0.29) is 5.54 Å². The second kappa shape index (κ2) is 7.66. The number of nitrogens with zero attached hydrogens (tertiary/aromatic N) is 1. The molecule has 2 heteroatoms. The summed E-state index contributed by atoms with van der Waals surface area (Å²) in [5.74, 6) is 0. The van der Waals surface area contributed by atoms with E-state index in [2.05, 4.69) is 62.9 Å². The number of benzene rings is 1. The van der Waals surface area contributed by atoms with E-state index in [1.807, 2.05) is 0 Å². The second-order valence-corrected chi connectivity index (χ2v) is 5.61. The van der Waals surface area contributed by atoms with Crippen LogP contribution in [0.1, 0.15) is 52.5 Å². The van der Waals surface area contributed by atoms with Gasteiger partial charge in [-0.3, -0.25) is 4.90 Å². The fourth-order valence-electron chi connectivity index (χ4n) is 3.05. The summed E-state index contributed by atoms with van der Waals surface area (Å²) in [6, 6.07) is 10.9. The van der Waals surface area contributed by atoms with Gasteiger partial charge in [-0.05, 0) is 44.8 Å². The Bertz CT molecular complexity index is 340. The maximum atomic E-state index is 6.71. The van der Waals surface area contributed by atoms with Gasteiger partial charge in [0.2, 0.25) is 0 Å². The van der Waals surface area contributed by atoms with Crippen molar-refractivity contribution in [3.63, 3.8) is 0 Å². The molecule has 0 saturated carbocycles. The molecule has 0 aromatic heterocycles. The Balaban J connectivity index is 2.98. The number of rotatable bonds is 8. The van der Waals surface area contributed by atoms with Crippen LogP contribution in [0.25, 0.3) is 0 Å². The van der Waals surface area contributed by atoms with Crippen molar-refractivity contribution in [1.82, 2.24) is 4.90 Å². The monoisotopic (exact) mass is 262 g/mol. The number of hydrogen-bond acceptors (Lipinski definition) is 2. The van der Waals surface area contributed by atoms with Crippen LogP contribution in [0, 0.1) is 0 Å². The maximum absolute atomic E-state index is 6.71. The SMILES string of the molecule is CCCN(CCC)C(CC)C(C)(N)c1ccccc1. The summed E-state index contributed by atoms with van der Waals surface area (Å²) in [6.07, 6.45) is 3.45. The van der Waals surface area contributed by atoms with Crippen LogP contribution in [0.5, 0.6) is 0 Å². The molecule has 0 aliphatic heterocycles. The van der Waals surface area contributed by atoms with Crippen molar-refractivity contribution in [1.29, 1.82) is 0 Å². The Morgan fingerprint density at radius 1 is 1.05 bits per heavy atom. The average molecular weight is 262 g/mol. The molecule has 1 aromatic carbocycles. The lowest BCUT2D eigenvalue weighted by Gasteiger charge is -2.42. The van der Waals surface area contributed by atoms with E-state index in [9.17, 15) is 0 Å². The molecule has 1 aromatic rings. The molecule has 0 saturated heterocycles. The minimum Gasteiger partial charge on any atom is -0.320 e. The third-order valence-electron chi connectivity index (χ3n) is 3.94. The first-order chi connectivity index (χ1) is 9.07. The average Bonchev–Trinajstić information content (AvgIpc) is 2.41. The van der Waals surface area contributed by atoms with E-state index in [1.54, 1.807) is 0 Å². The van der Waals surface area contributed by atoms with Crippen LogP contribution in [0.2, 0.25) is 0 Å². The van der Waals surface area contributed by atoms with Gasteiger partial charge in [0.1, 0.15) is 0 Å². The summed E-state index contributed by atoms with van der Waals surface area (Å²) in [4.78, 5) is 2.56. The third kappa shape index (κ3) is 4.05. The molecule has 0 heterocycles. The fraction of sp³-hybridized carbons (Fsp3) is 0.647. The molecule has 0 fully saturated rings. The summed E-state index contributed by atoms with van der Waals surface area (Å²) < 4.78 is 0. The van der Waals surface area contributed by atoms with Gasteiger partial charge in [0.15, 0.2) is 0 Å². The quantitative estimate of drug-likeness (QED) is 0.773. The van der Waals surface area contributed by atoms with E-state index >= 15 is 0 Å². The Morgan fingerprint density at radius 3 is 2.00 bits per heavy atom. The van der Waals surface area contributed by atoms with Gasteiger partial charge in [0.25, 0.3) is 0 Å². The lowest BCUT2D eigenvalue weighted by atomic mass is 9.83. The largest absolute Gasteiger partial charge is 0.320 e. The molecule has 0 bridgehead atoms. The summed E-state index contributed by atoms with van der Waals surface area (Å²) in [7, 11) is 0. The predicted octanol–water partition coefficient (Wildman–Crippen LogP) is 3.76. The molecule has 2 N–H and O–H groups in total. The highest BCUT2D eigenvalue weighted by Gasteiger charge is 2.34. The van der Waals surface area contributed by atoms with Crippen molar-refractivity contribution in [3.05, 3.63) is 35.9 Å². The summed E-state index contributed by atoms with van der Waals surface area (Å²) in [6.45, 7) is 11.2. The molecular formula is C17H30N2. The Kier molecular flexibility index (Phi) is 6.53. The van der Waals surface area contributed by atoms with Crippen LogP contribution in [-0.4, -0.2) is 24.0 Å². The highest BCUT2D eigenvalue weighted by atomic mass is 15.2. The topological polar surface area (TPSA) is 29.3 Å². The molecule has 0 aliphatic carbocycles. The van der Waals surface area contributed by atoms with Crippen molar-refractivity contribution in [2.75, 3.05) is 13.1 Å². The number of nitrogens with two attached hydrogens (primary N) is 1.